The summed E-state index contributed by atoms with van der Waals surface area (Å²) in [6.45, 7) is 2.89. The molecule has 1 aromatic carbocycles. The Hall–Kier alpha value is -2.77. The summed E-state index contributed by atoms with van der Waals surface area (Å²) in [5.74, 6) is 0. The maximum absolute atomic E-state index is 13.3. The minimum Gasteiger partial charge on any atom is -0.387 e. The summed E-state index contributed by atoms with van der Waals surface area (Å²) in [4.78, 5) is 23.5. The van der Waals surface area contributed by atoms with Gasteiger partial charge in [-0.3, -0.25) is 9.36 Å². The van der Waals surface area contributed by atoms with Gasteiger partial charge in [-0.25, -0.2) is 9.97 Å². The van der Waals surface area contributed by atoms with E-state index in [1.165, 1.54) is 36.2 Å². The van der Waals surface area contributed by atoms with E-state index in [1.807, 2.05) is 25.4 Å². The van der Waals surface area contributed by atoms with Crippen molar-refractivity contribution in [2.75, 3.05) is 12.4 Å². The lowest BCUT2D eigenvalue weighted by Gasteiger charge is -2.27. The van der Waals surface area contributed by atoms with Crippen LogP contribution in [-0.2, 0) is 13.0 Å². The van der Waals surface area contributed by atoms with Crippen LogP contribution in [-0.4, -0.2) is 27.6 Å². The molecule has 7 heteroatoms. The van der Waals surface area contributed by atoms with Crippen molar-refractivity contribution >= 4 is 37.5 Å². The number of pyridine rings is 1. The first-order valence-electron chi connectivity index (χ1n) is 10.5. The largest absolute Gasteiger partial charge is 0.387 e. The number of benzene rings is 1. The molecule has 0 saturated heterocycles. The van der Waals surface area contributed by atoms with E-state index in [0.717, 1.165) is 45.6 Å². The molecule has 0 amide bonds. The molecule has 0 bridgehead atoms. The fourth-order valence-electron chi connectivity index (χ4n) is 4.00. The molecule has 5 rings (SSSR count). The van der Waals surface area contributed by atoms with Crippen LogP contribution in [0.3, 0.4) is 0 Å². The number of aryl methyl sites for hydroxylation is 1. The predicted molar refractivity (Wildman–Crippen MR) is 124 cm³/mol. The van der Waals surface area contributed by atoms with Gasteiger partial charge in [0, 0.05) is 31.4 Å². The molecule has 1 fully saturated rings. The van der Waals surface area contributed by atoms with Crippen LogP contribution in [0.4, 0.5) is 5.69 Å². The highest BCUT2D eigenvalue weighted by molar-refractivity contribution is 7.25. The van der Waals surface area contributed by atoms with E-state index in [2.05, 4.69) is 34.7 Å². The van der Waals surface area contributed by atoms with Crippen LogP contribution < -0.4 is 16.2 Å². The van der Waals surface area contributed by atoms with Gasteiger partial charge in [0.05, 0.1) is 16.8 Å². The molecule has 4 aromatic rings. The highest BCUT2D eigenvalue weighted by Crippen LogP contribution is 2.36. The Morgan fingerprint density at radius 3 is 2.67 bits per heavy atom. The van der Waals surface area contributed by atoms with Crippen molar-refractivity contribution in [2.45, 2.75) is 45.2 Å². The summed E-state index contributed by atoms with van der Waals surface area (Å²) in [6, 6.07) is 8.66. The Kier molecular flexibility index (Phi) is 5.00. The second-order valence-corrected chi connectivity index (χ2v) is 8.82. The van der Waals surface area contributed by atoms with E-state index >= 15 is 0 Å². The average molecular weight is 420 g/mol. The van der Waals surface area contributed by atoms with Crippen LogP contribution in [0.1, 0.15) is 37.3 Å². The zero-order chi connectivity index (χ0) is 20.7. The van der Waals surface area contributed by atoms with E-state index in [-0.39, 0.29) is 5.56 Å². The second-order valence-electron chi connectivity index (χ2n) is 7.82. The van der Waals surface area contributed by atoms with Gasteiger partial charge in [0.25, 0.3) is 5.56 Å². The average Bonchev–Trinajstić information content (AvgIpc) is 3.13. The van der Waals surface area contributed by atoms with Crippen LogP contribution in [0, 0.1) is 0 Å². The highest BCUT2D eigenvalue weighted by atomic mass is 32.1. The highest BCUT2D eigenvalue weighted by Gasteiger charge is 2.20. The molecule has 1 aliphatic rings. The molecule has 30 heavy (non-hydrogen) atoms. The van der Waals surface area contributed by atoms with E-state index in [1.54, 1.807) is 10.9 Å². The molecule has 3 heterocycles. The number of aromatic nitrogens is 3. The monoisotopic (exact) mass is 419 g/mol. The topological polar surface area (TPSA) is 71.8 Å². The number of hydrogen-bond acceptors (Lipinski definition) is 6. The maximum atomic E-state index is 13.3. The first-order chi connectivity index (χ1) is 14.7. The lowest BCUT2D eigenvalue weighted by molar-refractivity contribution is 0.338. The Morgan fingerprint density at radius 2 is 2.00 bits per heavy atom. The van der Waals surface area contributed by atoms with Gasteiger partial charge in [0.15, 0.2) is 0 Å². The van der Waals surface area contributed by atoms with Crippen LogP contribution in [0.15, 0.2) is 41.6 Å². The standard InChI is InChI=1S/C23H25N5OS/c1-3-14-7-9-17(10-8-14)28-13-27-20-18-19(24-2)15(11-25-16-5-4-6-16)12-26-22(18)30-21(20)23(28)29/h7-10,12-13,16,25H,3-6,11H2,1-2H3,(H,24,26). The molecule has 0 unspecified atom stereocenters. The van der Waals surface area contributed by atoms with E-state index in [9.17, 15) is 4.79 Å². The molecule has 1 saturated carbocycles. The van der Waals surface area contributed by atoms with Crippen LogP contribution in [0.25, 0.3) is 26.1 Å². The SMILES string of the molecule is CCc1ccc(-n2cnc3c(sc4ncc(CNC5CCC5)c(NC)c43)c2=O)cc1. The number of nitrogens with one attached hydrogen (secondary N) is 2. The molecule has 154 valence electrons. The van der Waals surface area contributed by atoms with Crippen molar-refractivity contribution in [1.29, 1.82) is 0 Å². The molecular weight excluding hydrogens is 394 g/mol. The molecule has 1 aliphatic carbocycles. The van der Waals surface area contributed by atoms with Crippen LogP contribution in [0.2, 0.25) is 0 Å². The van der Waals surface area contributed by atoms with Crippen molar-refractivity contribution in [2.24, 2.45) is 0 Å². The normalized spacial score (nSPS) is 14.3. The Balaban J connectivity index is 1.61. The summed E-state index contributed by atoms with van der Waals surface area (Å²) in [6.07, 6.45) is 8.31. The summed E-state index contributed by atoms with van der Waals surface area (Å²) in [7, 11) is 1.92. The maximum Gasteiger partial charge on any atom is 0.275 e. The second kappa shape index (κ2) is 7.81. The third kappa shape index (κ3) is 3.18. The van der Waals surface area contributed by atoms with Gasteiger partial charge in [-0.1, -0.05) is 25.5 Å². The van der Waals surface area contributed by atoms with Crippen molar-refractivity contribution < 1.29 is 0 Å². The molecule has 0 spiro atoms. The summed E-state index contributed by atoms with van der Waals surface area (Å²) >= 11 is 1.42. The Morgan fingerprint density at radius 1 is 1.20 bits per heavy atom. The smallest absolute Gasteiger partial charge is 0.275 e. The summed E-state index contributed by atoms with van der Waals surface area (Å²) in [5.41, 5.74) is 4.87. The van der Waals surface area contributed by atoms with Crippen molar-refractivity contribution in [3.05, 3.63) is 58.3 Å². The number of rotatable bonds is 6. The molecule has 0 radical (unpaired) electrons. The molecule has 2 N–H and O–H groups in total. The van der Waals surface area contributed by atoms with Gasteiger partial charge >= 0.3 is 0 Å². The van der Waals surface area contributed by atoms with Crippen LogP contribution in [0.5, 0.6) is 0 Å². The van der Waals surface area contributed by atoms with E-state index in [4.69, 9.17) is 4.98 Å². The minimum atomic E-state index is -0.0524. The van der Waals surface area contributed by atoms with Crippen molar-refractivity contribution in [3.8, 4) is 5.69 Å². The van der Waals surface area contributed by atoms with Crippen molar-refractivity contribution in [1.82, 2.24) is 19.9 Å². The first kappa shape index (κ1) is 19.2. The number of hydrogen-bond donors (Lipinski definition) is 2. The fraction of sp³-hybridized carbons (Fsp3) is 0.348. The van der Waals surface area contributed by atoms with Crippen LogP contribution >= 0.6 is 11.3 Å². The lowest BCUT2D eigenvalue weighted by atomic mass is 9.93. The first-order valence-corrected chi connectivity index (χ1v) is 11.3. The summed E-state index contributed by atoms with van der Waals surface area (Å²) in [5, 5.41) is 7.88. The lowest BCUT2D eigenvalue weighted by Crippen LogP contribution is -2.34. The summed E-state index contributed by atoms with van der Waals surface area (Å²) < 4.78 is 2.26. The molecular formula is C23H25N5OS. The van der Waals surface area contributed by atoms with E-state index < -0.39 is 0 Å². The third-order valence-electron chi connectivity index (χ3n) is 6.05. The minimum absolute atomic E-state index is 0.0524. The molecule has 0 aliphatic heterocycles. The van der Waals surface area contributed by atoms with Gasteiger partial charge in [0.2, 0.25) is 0 Å². The quantitative estimate of drug-likeness (QED) is 0.489. The van der Waals surface area contributed by atoms with Gasteiger partial charge in [-0.05, 0) is 37.0 Å². The fourth-order valence-corrected chi connectivity index (χ4v) is 5.03. The van der Waals surface area contributed by atoms with Crippen molar-refractivity contribution in [3.63, 3.8) is 0 Å². The number of fused-ring (bicyclic) bond motifs is 3. The number of nitrogens with zero attached hydrogens (tertiary/aromatic N) is 3. The van der Waals surface area contributed by atoms with Gasteiger partial charge < -0.3 is 10.6 Å². The number of anilines is 1. The zero-order valence-corrected chi connectivity index (χ0v) is 18.1. The zero-order valence-electron chi connectivity index (χ0n) is 17.2. The van der Waals surface area contributed by atoms with Gasteiger partial charge in [-0.2, -0.15) is 0 Å². The van der Waals surface area contributed by atoms with Gasteiger partial charge in [-0.15, -0.1) is 11.3 Å². The third-order valence-corrected chi connectivity index (χ3v) is 7.12. The number of thiophene rings is 1. The Labute approximate surface area is 179 Å². The van der Waals surface area contributed by atoms with E-state index in [0.29, 0.717) is 10.7 Å². The predicted octanol–water partition coefficient (Wildman–Crippen LogP) is 4.24. The Bertz CT molecular complexity index is 1270. The molecule has 3 aromatic heterocycles. The van der Waals surface area contributed by atoms with Gasteiger partial charge in [0.1, 0.15) is 21.4 Å². The molecule has 6 nitrogen and oxygen atoms in total. The molecule has 0 atom stereocenters.